The van der Waals surface area contributed by atoms with E-state index in [-0.39, 0.29) is 58.6 Å². The second kappa shape index (κ2) is 9.09. The molecule has 0 radical (unpaired) electrons. The first-order valence-electron chi connectivity index (χ1n) is 5.10. The van der Waals surface area contributed by atoms with Gasteiger partial charge in [-0.2, -0.15) is 0 Å². The van der Waals surface area contributed by atoms with E-state index in [1.807, 2.05) is 0 Å². The fourth-order valence-electron chi connectivity index (χ4n) is 1.24. The summed E-state index contributed by atoms with van der Waals surface area (Å²) >= 11 is 23.7. The molecular weight excluding hydrogens is 328 g/mol. The zero-order chi connectivity index (χ0) is 13.0. The summed E-state index contributed by atoms with van der Waals surface area (Å²) in [5.41, 5.74) is 0.165. The van der Waals surface area contributed by atoms with Gasteiger partial charge >= 0.3 is 18.9 Å². The Hall–Kier alpha value is 1.08. The van der Waals surface area contributed by atoms with E-state index < -0.39 is 0 Å². The van der Waals surface area contributed by atoms with Crippen molar-refractivity contribution in [1.82, 2.24) is 0 Å². The van der Waals surface area contributed by atoms with Crippen LogP contribution in [0.2, 0.25) is 20.1 Å². The van der Waals surface area contributed by atoms with Gasteiger partial charge < -0.3 is 0 Å². The maximum absolute atomic E-state index is 12.0. The second-order valence-electron chi connectivity index (χ2n) is 3.45. The number of unbranched alkanes of at least 4 members (excludes halogenated alkanes) is 1. The molecule has 1 unspecified atom stereocenters. The molecule has 1 aromatic rings. The minimum absolute atomic E-state index is 0. The molecule has 0 saturated heterocycles. The Morgan fingerprint density at radius 3 is 2.11 bits per heavy atom. The fourth-order valence-corrected chi connectivity index (χ4v) is 3.56. The molecule has 1 rings (SSSR count). The second-order valence-corrected chi connectivity index (χ2v) is 6.33. The zero-order valence-electron chi connectivity index (χ0n) is 9.12. The van der Waals surface area contributed by atoms with Gasteiger partial charge in [-0.25, -0.2) is 0 Å². The van der Waals surface area contributed by atoms with Crippen molar-refractivity contribution in [2.24, 2.45) is 0 Å². The van der Waals surface area contributed by atoms with E-state index in [2.05, 4.69) is 6.92 Å². The normalized spacial score (nSPS) is 10.7. The molecule has 0 N–H and O–H groups in total. The van der Waals surface area contributed by atoms with Crippen LogP contribution in [0, 0.1) is 0 Å². The Labute approximate surface area is 141 Å². The summed E-state index contributed by atoms with van der Waals surface area (Å²) in [6.45, 7) is 2.07. The molecule has 0 fully saturated rings. The van der Waals surface area contributed by atoms with Gasteiger partial charge in [-0.1, -0.05) is 59.7 Å². The van der Waals surface area contributed by atoms with Crippen LogP contribution in [0.1, 0.15) is 30.1 Å². The molecule has 7 heteroatoms. The third-order valence-electron chi connectivity index (χ3n) is 2.15. The Bertz CT molecular complexity index is 413. The van der Waals surface area contributed by atoms with Crippen molar-refractivity contribution in [3.05, 3.63) is 31.7 Å². The van der Waals surface area contributed by atoms with Gasteiger partial charge in [0.2, 0.25) is 0 Å². The molecule has 18 heavy (non-hydrogen) atoms. The molecule has 1 atom stereocenters. The average Bonchev–Trinajstić information content (AvgIpc) is 2.27. The van der Waals surface area contributed by atoms with Gasteiger partial charge in [0, 0.05) is 0 Å². The molecule has 0 aliphatic carbocycles. The fraction of sp³-hybridized carbons (Fsp3) is 0.364. The summed E-state index contributed by atoms with van der Waals surface area (Å²) in [7, 11) is 0.151. The topological polar surface area (TPSA) is 17.1 Å². The number of halogens is 4. The van der Waals surface area contributed by atoms with Gasteiger partial charge in [0.25, 0.3) is 0 Å². The van der Waals surface area contributed by atoms with Crippen LogP contribution in [0.5, 0.6) is 0 Å². The Morgan fingerprint density at radius 2 is 1.67 bits per heavy atom. The van der Waals surface area contributed by atoms with E-state index in [0.29, 0.717) is 0 Å². The molecule has 0 amide bonds. The standard InChI is InChI=1S/C11H11Cl4OP.Li.H/c1-2-3-4-17-11(16)8-9(14)6(12)5-7(13)10(8)15;;/h5,17H,2-4H2,1H3;;. The first-order valence-corrected chi connectivity index (χ1v) is 7.82. The predicted molar refractivity (Wildman–Crippen MR) is 86.1 cm³/mol. The zero-order valence-corrected chi connectivity index (χ0v) is 13.1. The van der Waals surface area contributed by atoms with Crippen molar-refractivity contribution in [2.45, 2.75) is 19.8 Å². The van der Waals surface area contributed by atoms with E-state index in [9.17, 15) is 4.79 Å². The van der Waals surface area contributed by atoms with Gasteiger partial charge in [-0.05, 0) is 27.2 Å². The molecule has 1 nitrogen and oxygen atoms in total. The first kappa shape index (κ1) is 19.1. The van der Waals surface area contributed by atoms with Crippen LogP contribution in [0.15, 0.2) is 6.07 Å². The molecule has 1 aromatic carbocycles. The van der Waals surface area contributed by atoms with Gasteiger partial charge in [0.1, 0.15) is 0 Å². The molecular formula is C11H12Cl4LiOP. The van der Waals surface area contributed by atoms with E-state index in [1.165, 1.54) is 6.07 Å². The molecule has 0 saturated carbocycles. The molecule has 0 heterocycles. The van der Waals surface area contributed by atoms with Crippen LogP contribution in [0.4, 0.5) is 0 Å². The van der Waals surface area contributed by atoms with E-state index >= 15 is 0 Å². The molecule has 96 valence electrons. The van der Waals surface area contributed by atoms with Crippen molar-refractivity contribution in [1.29, 1.82) is 0 Å². The SMILES string of the molecule is CCCCPC(=O)c1c(Cl)c(Cl)cc(Cl)c1Cl.[LiH]. The van der Waals surface area contributed by atoms with Crippen LogP contribution in [0.25, 0.3) is 0 Å². The van der Waals surface area contributed by atoms with Crippen LogP contribution in [-0.2, 0) is 0 Å². The summed E-state index contributed by atoms with van der Waals surface area (Å²) in [6, 6.07) is 1.44. The number of carbonyl (C=O) groups excluding carboxylic acids is 1. The van der Waals surface area contributed by atoms with Crippen LogP contribution < -0.4 is 0 Å². The quantitative estimate of drug-likeness (QED) is 0.309. The van der Waals surface area contributed by atoms with E-state index in [1.54, 1.807) is 0 Å². The number of benzene rings is 1. The monoisotopic (exact) mass is 338 g/mol. The average molecular weight is 340 g/mol. The van der Waals surface area contributed by atoms with Gasteiger partial charge in [-0.15, -0.1) is 0 Å². The molecule has 0 aliphatic rings. The van der Waals surface area contributed by atoms with Crippen molar-refractivity contribution >= 4 is 79.4 Å². The summed E-state index contributed by atoms with van der Waals surface area (Å²) in [4.78, 5) is 12.0. The van der Waals surface area contributed by atoms with Crippen molar-refractivity contribution in [3.8, 4) is 0 Å². The van der Waals surface area contributed by atoms with Gasteiger partial charge in [-0.3, -0.25) is 4.79 Å². The minimum atomic E-state index is -0.0853. The van der Waals surface area contributed by atoms with Crippen molar-refractivity contribution < 1.29 is 4.79 Å². The number of carbonyl (C=O) groups is 1. The van der Waals surface area contributed by atoms with Crippen LogP contribution in [0.3, 0.4) is 0 Å². The van der Waals surface area contributed by atoms with Crippen LogP contribution in [-0.4, -0.2) is 30.5 Å². The molecule has 0 spiro atoms. The van der Waals surface area contributed by atoms with Crippen molar-refractivity contribution in [2.75, 3.05) is 6.16 Å². The van der Waals surface area contributed by atoms with E-state index in [0.717, 1.165) is 19.0 Å². The third-order valence-corrected chi connectivity index (χ3v) is 4.90. The van der Waals surface area contributed by atoms with Gasteiger partial charge in [0.05, 0.1) is 25.7 Å². The molecule has 0 aromatic heterocycles. The van der Waals surface area contributed by atoms with Crippen LogP contribution >= 0.6 is 55.0 Å². The summed E-state index contributed by atoms with van der Waals surface area (Å²) < 4.78 is 0. The van der Waals surface area contributed by atoms with Gasteiger partial charge in [0.15, 0.2) is 5.52 Å². The number of hydrogen-bond donors (Lipinski definition) is 0. The summed E-state index contributed by atoms with van der Waals surface area (Å²) in [5.74, 6) is 0. The number of hydrogen-bond acceptors (Lipinski definition) is 1. The first-order chi connectivity index (χ1) is 7.99. The Kier molecular flexibility index (Phi) is 9.64. The summed E-state index contributed by atoms with van der Waals surface area (Å²) in [5, 5.41) is 0.888. The third kappa shape index (κ3) is 4.88. The molecule has 0 aliphatic heterocycles. The Morgan fingerprint density at radius 1 is 1.17 bits per heavy atom. The Balaban J connectivity index is 0.00000289. The van der Waals surface area contributed by atoms with E-state index in [4.69, 9.17) is 46.4 Å². The van der Waals surface area contributed by atoms with Crippen molar-refractivity contribution in [3.63, 3.8) is 0 Å². The molecule has 0 bridgehead atoms. The summed E-state index contributed by atoms with van der Waals surface area (Å²) in [6.07, 6.45) is 2.90. The predicted octanol–water partition coefficient (Wildman–Crippen LogP) is 5.27. The number of rotatable bonds is 5. The maximum atomic E-state index is 12.0.